The van der Waals surface area contributed by atoms with Crippen molar-refractivity contribution >= 4 is 0 Å². The fraction of sp³-hybridized carbons (Fsp3) is 1.00. The van der Waals surface area contributed by atoms with Crippen molar-refractivity contribution in [2.75, 3.05) is 26.3 Å². The summed E-state index contributed by atoms with van der Waals surface area (Å²) in [5.74, 6) is 1.69. The first-order chi connectivity index (χ1) is 4.97. The van der Waals surface area contributed by atoms with E-state index in [9.17, 15) is 0 Å². The van der Waals surface area contributed by atoms with Crippen LogP contribution in [-0.4, -0.2) is 26.3 Å². The molecular weight excluding hydrogens is 126 g/mol. The third kappa shape index (κ3) is 1.50. The Balaban J connectivity index is 0.000000311. The summed E-state index contributed by atoms with van der Waals surface area (Å²) < 4.78 is 5.27. The number of hydrogen-bond acceptors (Lipinski definition) is 2. The fourth-order valence-electron chi connectivity index (χ4n) is 1.55. The number of rotatable bonds is 0. The summed E-state index contributed by atoms with van der Waals surface area (Å²) in [5.41, 5.74) is 0. The maximum Gasteiger partial charge on any atom is 0.0510 e. The molecule has 0 aromatic rings. The fourth-order valence-corrected chi connectivity index (χ4v) is 1.55. The van der Waals surface area contributed by atoms with Gasteiger partial charge in [0.1, 0.15) is 0 Å². The zero-order valence-corrected chi connectivity index (χ0v) is 6.89. The standard InChI is InChI=1S/C6H11NO.C2H6.H2/c1-5-3-8-4-6(5)2-7-1;1-2;/h5-7H,1-4H2;1-2H3;1H/t5-,6?;;/m1../s1. The van der Waals surface area contributed by atoms with Crippen LogP contribution in [0.4, 0.5) is 0 Å². The molecule has 2 saturated heterocycles. The van der Waals surface area contributed by atoms with Gasteiger partial charge in [0.25, 0.3) is 0 Å². The molecule has 2 atom stereocenters. The molecule has 62 valence electrons. The van der Waals surface area contributed by atoms with Crippen molar-refractivity contribution in [2.24, 2.45) is 11.8 Å². The predicted octanol–water partition coefficient (Wildman–Crippen LogP) is 1.12. The minimum absolute atomic E-state index is 0. The topological polar surface area (TPSA) is 21.3 Å². The number of ether oxygens (including phenoxy) is 1. The van der Waals surface area contributed by atoms with Gasteiger partial charge in [0, 0.05) is 26.4 Å². The Morgan fingerprint density at radius 3 is 2.20 bits per heavy atom. The molecule has 0 aliphatic carbocycles. The molecule has 0 spiro atoms. The Morgan fingerprint density at radius 1 is 1.20 bits per heavy atom. The minimum atomic E-state index is 0. The highest BCUT2D eigenvalue weighted by molar-refractivity contribution is 4.84. The maximum absolute atomic E-state index is 5.27. The van der Waals surface area contributed by atoms with E-state index < -0.39 is 0 Å². The van der Waals surface area contributed by atoms with E-state index >= 15 is 0 Å². The first kappa shape index (κ1) is 8.02. The Kier molecular flexibility index (Phi) is 3.16. The highest BCUT2D eigenvalue weighted by atomic mass is 16.5. The van der Waals surface area contributed by atoms with E-state index in [1.165, 1.54) is 13.1 Å². The molecule has 0 saturated carbocycles. The van der Waals surface area contributed by atoms with Crippen LogP contribution in [0.5, 0.6) is 0 Å². The number of hydrogen-bond donors (Lipinski definition) is 1. The van der Waals surface area contributed by atoms with Crippen LogP contribution in [0.3, 0.4) is 0 Å². The maximum atomic E-state index is 5.27. The van der Waals surface area contributed by atoms with Crippen LogP contribution >= 0.6 is 0 Å². The summed E-state index contributed by atoms with van der Waals surface area (Å²) in [7, 11) is 0. The second kappa shape index (κ2) is 3.94. The average Bonchev–Trinajstić information content (AvgIpc) is 2.49. The summed E-state index contributed by atoms with van der Waals surface area (Å²) in [6.07, 6.45) is 0. The molecule has 2 aliphatic rings. The van der Waals surface area contributed by atoms with Crippen molar-refractivity contribution in [3.8, 4) is 0 Å². The lowest BCUT2D eigenvalue weighted by molar-refractivity contribution is 0.175. The molecule has 10 heavy (non-hydrogen) atoms. The van der Waals surface area contributed by atoms with E-state index in [2.05, 4.69) is 5.32 Å². The van der Waals surface area contributed by atoms with E-state index in [4.69, 9.17) is 4.74 Å². The Hall–Kier alpha value is -0.0800. The largest absolute Gasteiger partial charge is 0.381 e. The average molecular weight is 145 g/mol. The Labute approximate surface area is 64.4 Å². The van der Waals surface area contributed by atoms with Crippen molar-refractivity contribution in [2.45, 2.75) is 13.8 Å². The van der Waals surface area contributed by atoms with E-state index in [1.807, 2.05) is 13.8 Å². The molecule has 2 nitrogen and oxygen atoms in total. The molecule has 1 unspecified atom stereocenters. The third-order valence-corrected chi connectivity index (χ3v) is 2.14. The molecule has 2 rings (SSSR count). The van der Waals surface area contributed by atoms with Crippen molar-refractivity contribution < 1.29 is 6.16 Å². The molecule has 1 N–H and O–H groups in total. The lowest BCUT2D eigenvalue weighted by Crippen LogP contribution is -2.11. The van der Waals surface area contributed by atoms with Crippen molar-refractivity contribution in [1.29, 1.82) is 0 Å². The van der Waals surface area contributed by atoms with Gasteiger partial charge in [0.05, 0.1) is 13.2 Å². The summed E-state index contributed by atoms with van der Waals surface area (Å²) in [4.78, 5) is 0. The predicted molar refractivity (Wildman–Crippen MR) is 44.1 cm³/mol. The molecule has 0 aromatic heterocycles. The van der Waals surface area contributed by atoms with Crippen LogP contribution in [0.25, 0.3) is 0 Å². The van der Waals surface area contributed by atoms with Gasteiger partial charge in [-0.3, -0.25) is 0 Å². The van der Waals surface area contributed by atoms with E-state index in [1.54, 1.807) is 0 Å². The van der Waals surface area contributed by atoms with Crippen LogP contribution < -0.4 is 5.32 Å². The molecule has 2 aliphatic heterocycles. The van der Waals surface area contributed by atoms with E-state index in [0.717, 1.165) is 25.0 Å². The molecular formula is C8H19NO. The van der Waals surface area contributed by atoms with Gasteiger partial charge in [-0.1, -0.05) is 13.8 Å². The number of nitrogens with one attached hydrogen (secondary N) is 1. The molecule has 2 fully saturated rings. The van der Waals surface area contributed by atoms with Gasteiger partial charge in [0.15, 0.2) is 0 Å². The molecule has 0 bridgehead atoms. The van der Waals surface area contributed by atoms with Crippen molar-refractivity contribution in [1.82, 2.24) is 5.32 Å². The van der Waals surface area contributed by atoms with Crippen LogP contribution in [0.15, 0.2) is 0 Å². The SMILES string of the molecule is C1NC[C@@H]2COCC12.CC.[HH]. The summed E-state index contributed by atoms with van der Waals surface area (Å²) in [6.45, 7) is 8.37. The first-order valence-corrected chi connectivity index (χ1v) is 4.25. The monoisotopic (exact) mass is 145 g/mol. The molecule has 2 heterocycles. The third-order valence-electron chi connectivity index (χ3n) is 2.14. The summed E-state index contributed by atoms with van der Waals surface area (Å²) in [5, 5.41) is 3.34. The van der Waals surface area contributed by atoms with Gasteiger partial charge in [-0.15, -0.1) is 0 Å². The molecule has 0 amide bonds. The summed E-state index contributed by atoms with van der Waals surface area (Å²) in [6, 6.07) is 0. The van der Waals surface area contributed by atoms with E-state index in [-0.39, 0.29) is 1.43 Å². The Bertz CT molecular complexity index is 80.1. The van der Waals surface area contributed by atoms with Crippen LogP contribution in [0, 0.1) is 11.8 Å². The number of fused-ring (bicyclic) bond motifs is 1. The van der Waals surface area contributed by atoms with Gasteiger partial charge in [-0.05, 0) is 0 Å². The van der Waals surface area contributed by atoms with E-state index in [0.29, 0.717) is 0 Å². The lowest BCUT2D eigenvalue weighted by Gasteiger charge is -1.99. The van der Waals surface area contributed by atoms with Crippen molar-refractivity contribution in [3.05, 3.63) is 0 Å². The first-order valence-electron chi connectivity index (χ1n) is 4.25. The smallest absolute Gasteiger partial charge is 0.0510 e. The van der Waals surface area contributed by atoms with Gasteiger partial charge in [0.2, 0.25) is 0 Å². The highest BCUT2D eigenvalue weighted by Crippen LogP contribution is 2.22. The van der Waals surface area contributed by atoms with Crippen LogP contribution in [-0.2, 0) is 4.74 Å². The molecule has 2 heteroatoms. The second-order valence-electron chi connectivity index (χ2n) is 2.72. The lowest BCUT2D eigenvalue weighted by atomic mass is 10.0. The van der Waals surface area contributed by atoms with Crippen LogP contribution in [0.2, 0.25) is 0 Å². The van der Waals surface area contributed by atoms with Gasteiger partial charge >= 0.3 is 0 Å². The molecule has 0 aromatic carbocycles. The van der Waals surface area contributed by atoms with Gasteiger partial charge < -0.3 is 10.1 Å². The normalized spacial score (nSPS) is 36.6. The second-order valence-corrected chi connectivity index (χ2v) is 2.72. The minimum Gasteiger partial charge on any atom is -0.381 e. The van der Waals surface area contributed by atoms with Crippen molar-refractivity contribution in [3.63, 3.8) is 0 Å². The summed E-state index contributed by atoms with van der Waals surface area (Å²) >= 11 is 0. The zero-order valence-electron chi connectivity index (χ0n) is 6.89. The van der Waals surface area contributed by atoms with Crippen LogP contribution in [0.1, 0.15) is 15.3 Å². The Morgan fingerprint density at radius 2 is 1.70 bits per heavy atom. The molecule has 0 radical (unpaired) electrons. The zero-order chi connectivity index (χ0) is 7.40. The van der Waals surface area contributed by atoms with Gasteiger partial charge in [-0.2, -0.15) is 0 Å². The highest BCUT2D eigenvalue weighted by Gasteiger charge is 2.31. The van der Waals surface area contributed by atoms with Gasteiger partial charge in [-0.25, -0.2) is 0 Å². The quantitative estimate of drug-likeness (QED) is 0.551.